The molecule has 0 bridgehead atoms. The Kier molecular flexibility index (Phi) is 5.41. The van der Waals surface area contributed by atoms with E-state index in [1.165, 1.54) is 19.1 Å². The average molecular weight is 439 g/mol. The van der Waals surface area contributed by atoms with Gasteiger partial charge in [-0.15, -0.1) is 0 Å². The van der Waals surface area contributed by atoms with Crippen molar-refractivity contribution in [2.75, 3.05) is 36.8 Å². The molecule has 162 valence electrons. The fourth-order valence-corrected chi connectivity index (χ4v) is 4.73. The standard InChI is InChI=1S/C21H26N8OS/c1-13(2)10-23-4-7-29-20-18(19(22)24-11-25-20)27-21(29)31-17-9-16-14(26-12-30-16)8-15(17)28-5-3-6-28/h8-9,11-13,23H,3-7,10H2,1-2H3,(H2,22,24,25). The van der Waals surface area contributed by atoms with Crippen LogP contribution in [0.5, 0.6) is 0 Å². The van der Waals surface area contributed by atoms with Crippen molar-refractivity contribution < 1.29 is 4.42 Å². The Balaban J connectivity index is 1.52. The van der Waals surface area contributed by atoms with Crippen LogP contribution in [-0.4, -0.2) is 50.7 Å². The molecule has 9 nitrogen and oxygen atoms in total. The number of nitrogens with two attached hydrogens (primary N) is 1. The smallest absolute Gasteiger partial charge is 0.181 e. The monoisotopic (exact) mass is 438 g/mol. The lowest BCUT2D eigenvalue weighted by Gasteiger charge is -2.34. The van der Waals surface area contributed by atoms with Gasteiger partial charge in [-0.25, -0.2) is 19.9 Å². The van der Waals surface area contributed by atoms with Gasteiger partial charge in [0.25, 0.3) is 0 Å². The van der Waals surface area contributed by atoms with Gasteiger partial charge < -0.3 is 24.9 Å². The molecule has 0 saturated carbocycles. The van der Waals surface area contributed by atoms with E-state index in [1.807, 2.05) is 0 Å². The van der Waals surface area contributed by atoms with E-state index in [2.05, 4.69) is 55.7 Å². The topological polar surface area (TPSA) is 111 Å². The molecule has 0 aliphatic carbocycles. The van der Waals surface area contributed by atoms with Gasteiger partial charge in [0, 0.05) is 31.1 Å². The molecule has 4 aromatic rings. The molecule has 4 heterocycles. The van der Waals surface area contributed by atoms with Gasteiger partial charge in [-0.2, -0.15) is 0 Å². The average Bonchev–Trinajstić information content (AvgIpc) is 3.29. The molecule has 3 N–H and O–H groups in total. The van der Waals surface area contributed by atoms with Crippen LogP contribution in [0.2, 0.25) is 0 Å². The molecule has 1 saturated heterocycles. The lowest BCUT2D eigenvalue weighted by Crippen LogP contribution is -2.37. The van der Waals surface area contributed by atoms with E-state index in [-0.39, 0.29) is 0 Å². The Bertz CT molecular complexity index is 1210. The van der Waals surface area contributed by atoms with Gasteiger partial charge in [0.1, 0.15) is 11.8 Å². The minimum absolute atomic E-state index is 0.398. The first-order valence-corrected chi connectivity index (χ1v) is 11.4. The Morgan fingerprint density at radius 1 is 1.23 bits per heavy atom. The summed E-state index contributed by atoms with van der Waals surface area (Å²) in [5.41, 5.74) is 10.3. The van der Waals surface area contributed by atoms with Crippen molar-refractivity contribution in [2.24, 2.45) is 5.92 Å². The van der Waals surface area contributed by atoms with Crippen LogP contribution in [0.3, 0.4) is 0 Å². The number of oxazole rings is 1. The van der Waals surface area contributed by atoms with E-state index in [4.69, 9.17) is 15.1 Å². The van der Waals surface area contributed by atoms with Crippen molar-refractivity contribution in [1.82, 2.24) is 29.8 Å². The maximum absolute atomic E-state index is 6.11. The van der Waals surface area contributed by atoms with Crippen molar-refractivity contribution >= 4 is 45.5 Å². The highest BCUT2D eigenvalue weighted by Crippen LogP contribution is 2.40. The minimum atomic E-state index is 0.398. The Morgan fingerprint density at radius 3 is 2.87 bits per heavy atom. The van der Waals surface area contributed by atoms with E-state index in [9.17, 15) is 0 Å². The molecule has 1 aliphatic heterocycles. The maximum atomic E-state index is 6.11. The van der Waals surface area contributed by atoms with Crippen LogP contribution >= 0.6 is 11.8 Å². The number of hydrogen-bond acceptors (Lipinski definition) is 9. The third-order valence-electron chi connectivity index (χ3n) is 5.40. The van der Waals surface area contributed by atoms with E-state index in [0.717, 1.165) is 65.2 Å². The summed E-state index contributed by atoms with van der Waals surface area (Å²) in [6, 6.07) is 4.15. The Labute approximate surface area is 184 Å². The molecule has 0 amide bonds. The summed E-state index contributed by atoms with van der Waals surface area (Å²) in [6.45, 7) is 9.02. The number of benzene rings is 1. The third-order valence-corrected chi connectivity index (χ3v) is 6.44. The summed E-state index contributed by atoms with van der Waals surface area (Å²) in [4.78, 5) is 21.2. The summed E-state index contributed by atoms with van der Waals surface area (Å²) in [6.07, 6.45) is 4.19. The highest BCUT2D eigenvalue weighted by atomic mass is 32.2. The summed E-state index contributed by atoms with van der Waals surface area (Å²) < 4.78 is 7.69. The van der Waals surface area contributed by atoms with Gasteiger partial charge in [-0.3, -0.25) is 0 Å². The van der Waals surface area contributed by atoms with Gasteiger partial charge in [-0.05, 0) is 42.8 Å². The van der Waals surface area contributed by atoms with Crippen molar-refractivity contribution in [2.45, 2.75) is 36.9 Å². The number of hydrogen-bond donors (Lipinski definition) is 2. The SMILES string of the molecule is CC(C)CNCCn1c(Sc2cc3ocnc3cc2N2CCC2)nc2c(N)ncnc21. The summed E-state index contributed by atoms with van der Waals surface area (Å²) in [5.74, 6) is 0.994. The molecule has 0 atom stereocenters. The number of anilines is 2. The molecule has 1 fully saturated rings. The normalized spacial score (nSPS) is 14.1. The second-order valence-electron chi connectivity index (χ2n) is 8.16. The summed E-state index contributed by atoms with van der Waals surface area (Å²) >= 11 is 1.61. The number of nitrogens with one attached hydrogen (secondary N) is 1. The molecule has 31 heavy (non-hydrogen) atoms. The fraction of sp³-hybridized carbons (Fsp3) is 0.429. The van der Waals surface area contributed by atoms with Crippen molar-refractivity contribution in [3.8, 4) is 0 Å². The quantitative estimate of drug-likeness (QED) is 0.401. The highest BCUT2D eigenvalue weighted by molar-refractivity contribution is 7.99. The first kappa shape index (κ1) is 20.1. The van der Waals surface area contributed by atoms with E-state index < -0.39 is 0 Å². The Hall–Kier alpha value is -2.85. The van der Waals surface area contributed by atoms with Crippen molar-refractivity contribution in [1.29, 1.82) is 0 Å². The van der Waals surface area contributed by atoms with Crippen LogP contribution < -0.4 is 16.0 Å². The first-order valence-electron chi connectivity index (χ1n) is 10.6. The van der Waals surface area contributed by atoms with Gasteiger partial charge in [0.05, 0.1) is 5.69 Å². The maximum Gasteiger partial charge on any atom is 0.181 e. The number of nitrogen functional groups attached to an aromatic ring is 1. The van der Waals surface area contributed by atoms with Crippen LogP contribution in [0.1, 0.15) is 20.3 Å². The predicted octanol–water partition coefficient (Wildman–Crippen LogP) is 3.16. The predicted molar refractivity (Wildman–Crippen MR) is 122 cm³/mol. The number of nitrogens with zero attached hydrogens (tertiary/aromatic N) is 6. The van der Waals surface area contributed by atoms with Crippen LogP contribution in [0, 0.1) is 5.92 Å². The zero-order valence-electron chi connectivity index (χ0n) is 17.7. The van der Waals surface area contributed by atoms with Gasteiger partial charge in [-0.1, -0.05) is 13.8 Å². The van der Waals surface area contributed by atoms with Crippen LogP contribution in [0.4, 0.5) is 11.5 Å². The number of rotatable bonds is 8. The lowest BCUT2D eigenvalue weighted by atomic mass is 10.1. The van der Waals surface area contributed by atoms with Gasteiger partial charge >= 0.3 is 0 Å². The lowest BCUT2D eigenvalue weighted by molar-refractivity contribution is 0.516. The van der Waals surface area contributed by atoms with Crippen molar-refractivity contribution in [3.63, 3.8) is 0 Å². The molecule has 10 heteroatoms. The molecule has 1 aromatic carbocycles. The minimum Gasteiger partial charge on any atom is -0.443 e. The van der Waals surface area contributed by atoms with Crippen LogP contribution in [-0.2, 0) is 6.54 Å². The zero-order valence-corrected chi connectivity index (χ0v) is 18.5. The van der Waals surface area contributed by atoms with Crippen LogP contribution in [0.25, 0.3) is 22.3 Å². The van der Waals surface area contributed by atoms with E-state index in [1.54, 1.807) is 11.8 Å². The number of aromatic nitrogens is 5. The number of fused-ring (bicyclic) bond motifs is 2. The summed E-state index contributed by atoms with van der Waals surface area (Å²) in [5, 5.41) is 4.34. The molecular weight excluding hydrogens is 412 g/mol. The Morgan fingerprint density at radius 2 is 2.10 bits per heavy atom. The fourth-order valence-electron chi connectivity index (χ4n) is 3.65. The second-order valence-corrected chi connectivity index (χ2v) is 9.17. The molecule has 0 spiro atoms. The first-order chi connectivity index (χ1) is 15.1. The summed E-state index contributed by atoms with van der Waals surface area (Å²) in [7, 11) is 0. The largest absolute Gasteiger partial charge is 0.443 e. The molecule has 0 unspecified atom stereocenters. The molecular formula is C21H26N8OS. The molecule has 0 radical (unpaired) electrons. The zero-order chi connectivity index (χ0) is 21.4. The van der Waals surface area contributed by atoms with Crippen LogP contribution in [0.15, 0.2) is 39.3 Å². The second kappa shape index (κ2) is 8.35. The van der Waals surface area contributed by atoms with E-state index in [0.29, 0.717) is 17.3 Å². The van der Waals surface area contributed by atoms with Crippen molar-refractivity contribution in [3.05, 3.63) is 24.9 Å². The molecule has 5 rings (SSSR count). The highest BCUT2D eigenvalue weighted by Gasteiger charge is 2.23. The third kappa shape index (κ3) is 3.92. The van der Waals surface area contributed by atoms with Gasteiger partial charge in [0.2, 0.25) is 0 Å². The molecule has 3 aromatic heterocycles. The number of imidazole rings is 1. The molecule has 1 aliphatic rings. The van der Waals surface area contributed by atoms with Gasteiger partial charge in [0.15, 0.2) is 34.1 Å². The van der Waals surface area contributed by atoms with E-state index >= 15 is 0 Å².